The van der Waals surface area contributed by atoms with Crippen molar-refractivity contribution in [1.29, 1.82) is 0 Å². The van der Waals surface area contributed by atoms with Gasteiger partial charge in [-0.2, -0.15) is 0 Å². The van der Waals surface area contributed by atoms with Crippen LogP contribution >= 0.6 is 0 Å². The monoisotopic (exact) mass is 265 g/mol. The number of likely N-dealkylation sites (N-methyl/N-ethyl adjacent to an activating group) is 1. The molecule has 0 atom stereocenters. The van der Waals surface area contributed by atoms with Gasteiger partial charge in [0, 0.05) is 18.7 Å². The zero-order valence-corrected chi connectivity index (χ0v) is 11.9. The lowest BCUT2D eigenvalue weighted by Gasteiger charge is -2.23. The van der Waals surface area contributed by atoms with Gasteiger partial charge in [-0.3, -0.25) is 4.79 Å². The van der Waals surface area contributed by atoms with Gasteiger partial charge in [0.05, 0.1) is 6.54 Å². The summed E-state index contributed by atoms with van der Waals surface area (Å²) in [5, 5.41) is 3.29. The zero-order valence-electron chi connectivity index (χ0n) is 11.9. The molecule has 0 saturated carbocycles. The molecule has 0 radical (unpaired) electrons. The quantitative estimate of drug-likeness (QED) is 0.737. The normalized spacial score (nSPS) is 10.3. The number of aromatic nitrogens is 2. The summed E-state index contributed by atoms with van der Waals surface area (Å²) in [7, 11) is 0. The molecule has 1 aromatic heterocycles. The Kier molecular flexibility index (Phi) is 6.05. The maximum Gasteiger partial charge on any atom is 0.236 e. The summed E-state index contributed by atoms with van der Waals surface area (Å²) in [5.41, 5.74) is 6.30. The first-order chi connectivity index (χ1) is 9.13. The number of primary amides is 1. The molecule has 6 nitrogen and oxygen atoms in total. The van der Waals surface area contributed by atoms with Crippen molar-refractivity contribution in [2.45, 2.75) is 33.6 Å². The molecule has 1 rings (SSSR count). The highest BCUT2D eigenvalue weighted by atomic mass is 16.1. The van der Waals surface area contributed by atoms with Crippen LogP contribution in [0, 0.1) is 0 Å². The van der Waals surface area contributed by atoms with E-state index in [0.29, 0.717) is 6.54 Å². The van der Waals surface area contributed by atoms with Gasteiger partial charge in [-0.25, -0.2) is 9.97 Å². The molecular weight excluding hydrogens is 242 g/mol. The Morgan fingerprint density at radius 1 is 1.37 bits per heavy atom. The van der Waals surface area contributed by atoms with Crippen molar-refractivity contribution >= 4 is 17.5 Å². The van der Waals surface area contributed by atoms with Crippen LogP contribution < -0.4 is 16.0 Å². The minimum Gasteiger partial charge on any atom is -0.370 e. The first-order valence-electron chi connectivity index (χ1n) is 6.74. The van der Waals surface area contributed by atoms with E-state index < -0.39 is 0 Å². The van der Waals surface area contributed by atoms with Crippen molar-refractivity contribution < 1.29 is 4.79 Å². The molecule has 0 fully saturated rings. The van der Waals surface area contributed by atoms with Crippen molar-refractivity contribution in [1.82, 2.24) is 9.97 Å². The SMILES string of the molecule is CCCNc1ncnc(N(CC)CC(N)=O)c1CC. The Labute approximate surface area is 114 Å². The van der Waals surface area contributed by atoms with Crippen LogP contribution in [-0.2, 0) is 11.2 Å². The predicted octanol–water partition coefficient (Wildman–Crippen LogP) is 1.17. The topological polar surface area (TPSA) is 84.1 Å². The average molecular weight is 265 g/mol. The fourth-order valence-electron chi connectivity index (χ4n) is 1.92. The highest BCUT2D eigenvalue weighted by molar-refractivity contribution is 5.79. The highest BCUT2D eigenvalue weighted by Gasteiger charge is 2.16. The van der Waals surface area contributed by atoms with Gasteiger partial charge < -0.3 is 16.0 Å². The van der Waals surface area contributed by atoms with Gasteiger partial charge in [0.1, 0.15) is 18.0 Å². The van der Waals surface area contributed by atoms with E-state index >= 15 is 0 Å². The van der Waals surface area contributed by atoms with E-state index in [0.717, 1.165) is 36.6 Å². The minimum atomic E-state index is -0.356. The summed E-state index contributed by atoms with van der Waals surface area (Å²) >= 11 is 0. The molecular formula is C13H23N5O. The molecule has 6 heteroatoms. The lowest BCUT2D eigenvalue weighted by molar-refractivity contribution is -0.116. The van der Waals surface area contributed by atoms with Crippen LogP contribution in [-0.4, -0.2) is 35.5 Å². The number of hydrogen-bond donors (Lipinski definition) is 2. The molecule has 1 aromatic rings. The minimum absolute atomic E-state index is 0.174. The third kappa shape index (κ3) is 4.08. The molecule has 0 spiro atoms. The smallest absolute Gasteiger partial charge is 0.236 e. The fraction of sp³-hybridized carbons (Fsp3) is 0.615. The van der Waals surface area contributed by atoms with Crippen LogP contribution in [0.5, 0.6) is 0 Å². The van der Waals surface area contributed by atoms with Gasteiger partial charge in [-0.05, 0) is 19.8 Å². The lowest BCUT2D eigenvalue weighted by Crippen LogP contribution is -2.35. The van der Waals surface area contributed by atoms with Crippen molar-refractivity contribution in [3.63, 3.8) is 0 Å². The molecule has 1 heterocycles. The first-order valence-corrected chi connectivity index (χ1v) is 6.74. The summed E-state index contributed by atoms with van der Waals surface area (Å²) in [5.74, 6) is 1.28. The standard InChI is InChI=1S/C13H23N5O/c1-4-7-15-12-10(5-2)13(17-9-16-12)18(6-3)8-11(14)19/h9H,4-8H2,1-3H3,(H2,14,19)(H,15,16,17). The number of anilines is 2. The molecule has 0 bridgehead atoms. The second kappa shape index (κ2) is 7.56. The largest absolute Gasteiger partial charge is 0.370 e. The first kappa shape index (κ1) is 15.2. The third-order valence-corrected chi connectivity index (χ3v) is 2.85. The van der Waals surface area contributed by atoms with E-state index in [-0.39, 0.29) is 12.5 Å². The predicted molar refractivity (Wildman–Crippen MR) is 77.3 cm³/mol. The third-order valence-electron chi connectivity index (χ3n) is 2.85. The molecule has 0 aliphatic rings. The number of carbonyl (C=O) groups is 1. The average Bonchev–Trinajstić information content (AvgIpc) is 2.41. The Balaban J connectivity index is 3.07. The number of nitrogens with zero attached hydrogens (tertiary/aromatic N) is 3. The second-order valence-electron chi connectivity index (χ2n) is 4.29. The molecule has 0 aromatic carbocycles. The van der Waals surface area contributed by atoms with E-state index in [1.54, 1.807) is 0 Å². The Bertz CT molecular complexity index is 421. The molecule has 19 heavy (non-hydrogen) atoms. The maximum atomic E-state index is 11.1. The fourth-order valence-corrected chi connectivity index (χ4v) is 1.92. The molecule has 0 aliphatic carbocycles. The van der Waals surface area contributed by atoms with Crippen LogP contribution in [0.1, 0.15) is 32.8 Å². The van der Waals surface area contributed by atoms with Gasteiger partial charge in [0.2, 0.25) is 5.91 Å². The van der Waals surface area contributed by atoms with E-state index in [4.69, 9.17) is 5.73 Å². The van der Waals surface area contributed by atoms with Crippen LogP contribution in [0.25, 0.3) is 0 Å². The van der Waals surface area contributed by atoms with E-state index in [9.17, 15) is 4.79 Å². The van der Waals surface area contributed by atoms with Gasteiger partial charge in [-0.1, -0.05) is 13.8 Å². The Hall–Kier alpha value is -1.85. The number of rotatable bonds is 8. The van der Waals surface area contributed by atoms with Crippen LogP contribution in [0.4, 0.5) is 11.6 Å². The number of hydrogen-bond acceptors (Lipinski definition) is 5. The van der Waals surface area contributed by atoms with E-state index in [1.165, 1.54) is 6.33 Å². The van der Waals surface area contributed by atoms with Gasteiger partial charge in [-0.15, -0.1) is 0 Å². The molecule has 1 amide bonds. The summed E-state index contributed by atoms with van der Waals surface area (Å²) in [6.07, 6.45) is 3.36. The van der Waals surface area contributed by atoms with Crippen LogP contribution in [0.2, 0.25) is 0 Å². The van der Waals surface area contributed by atoms with Crippen molar-refractivity contribution in [2.24, 2.45) is 5.73 Å². The lowest BCUT2D eigenvalue weighted by atomic mass is 10.2. The van der Waals surface area contributed by atoms with E-state index in [1.807, 2.05) is 11.8 Å². The number of carbonyl (C=O) groups excluding carboxylic acids is 1. The summed E-state index contributed by atoms with van der Waals surface area (Å²) in [4.78, 5) is 21.6. The van der Waals surface area contributed by atoms with Crippen molar-refractivity contribution in [3.8, 4) is 0 Å². The van der Waals surface area contributed by atoms with Crippen LogP contribution in [0.3, 0.4) is 0 Å². The van der Waals surface area contributed by atoms with E-state index in [2.05, 4.69) is 29.1 Å². The summed E-state index contributed by atoms with van der Waals surface area (Å²) < 4.78 is 0. The number of nitrogens with one attached hydrogen (secondary N) is 1. The number of amides is 1. The van der Waals surface area contributed by atoms with Gasteiger partial charge in [0.25, 0.3) is 0 Å². The van der Waals surface area contributed by atoms with Crippen LogP contribution in [0.15, 0.2) is 6.33 Å². The van der Waals surface area contributed by atoms with Gasteiger partial charge >= 0.3 is 0 Å². The highest BCUT2D eigenvalue weighted by Crippen LogP contribution is 2.23. The second-order valence-corrected chi connectivity index (χ2v) is 4.29. The van der Waals surface area contributed by atoms with Crippen molar-refractivity contribution in [3.05, 3.63) is 11.9 Å². The summed E-state index contributed by atoms with van der Waals surface area (Å²) in [6.45, 7) is 7.85. The Morgan fingerprint density at radius 3 is 2.63 bits per heavy atom. The maximum absolute atomic E-state index is 11.1. The molecule has 3 N–H and O–H groups in total. The Morgan fingerprint density at radius 2 is 2.11 bits per heavy atom. The molecule has 106 valence electrons. The molecule has 0 aliphatic heterocycles. The van der Waals surface area contributed by atoms with Crippen molar-refractivity contribution in [2.75, 3.05) is 29.9 Å². The zero-order chi connectivity index (χ0) is 14.3. The molecule has 0 unspecified atom stereocenters. The molecule has 0 saturated heterocycles. The number of nitrogens with two attached hydrogens (primary N) is 1. The van der Waals surface area contributed by atoms with Gasteiger partial charge in [0.15, 0.2) is 0 Å². The summed E-state index contributed by atoms with van der Waals surface area (Å²) in [6, 6.07) is 0.